The summed E-state index contributed by atoms with van der Waals surface area (Å²) in [5, 5.41) is 7.85. The largest absolute Gasteiger partial charge is 0.333 e. The van der Waals surface area contributed by atoms with Crippen molar-refractivity contribution in [3.05, 3.63) is 169 Å². The van der Waals surface area contributed by atoms with Gasteiger partial charge in [0.05, 0.1) is 6.04 Å². The van der Waals surface area contributed by atoms with E-state index in [1.54, 1.807) is 0 Å². The van der Waals surface area contributed by atoms with Crippen molar-refractivity contribution in [2.75, 3.05) is 4.90 Å². The number of hydrogen-bond acceptors (Lipinski definition) is 1. The lowest BCUT2D eigenvalue weighted by atomic mass is 9.76. The van der Waals surface area contributed by atoms with Gasteiger partial charge < -0.3 is 4.90 Å². The Morgan fingerprint density at radius 1 is 0.477 bits per heavy atom. The lowest BCUT2D eigenvalue weighted by Gasteiger charge is -2.34. The van der Waals surface area contributed by atoms with Crippen molar-refractivity contribution in [3.8, 4) is 22.3 Å². The Bertz CT molecular complexity index is 2250. The highest BCUT2D eigenvalue weighted by Crippen LogP contribution is 2.51. The lowest BCUT2D eigenvalue weighted by molar-refractivity contribution is 0.551. The molecule has 208 valence electrons. The second-order valence-electron chi connectivity index (χ2n) is 12.3. The summed E-state index contributed by atoms with van der Waals surface area (Å²) in [5.41, 5.74) is 8.81. The van der Waals surface area contributed by atoms with Gasteiger partial charge in [-0.1, -0.05) is 140 Å². The van der Waals surface area contributed by atoms with Crippen molar-refractivity contribution in [2.24, 2.45) is 0 Å². The van der Waals surface area contributed by atoms with E-state index < -0.39 is 0 Å². The second-order valence-corrected chi connectivity index (χ2v) is 12.3. The third kappa shape index (κ3) is 3.66. The first-order chi connectivity index (χ1) is 21.7. The molecule has 1 heterocycles. The first-order valence-corrected chi connectivity index (χ1v) is 15.5. The number of anilines is 2. The molecule has 2 atom stereocenters. The third-order valence-corrected chi connectivity index (χ3v) is 9.92. The average Bonchev–Trinajstić information content (AvgIpc) is 3.37. The fourth-order valence-electron chi connectivity index (χ4n) is 7.67. The molecule has 2 aliphatic rings. The molecular formula is C43H31N. The van der Waals surface area contributed by atoms with Crippen LogP contribution in [-0.4, -0.2) is 6.04 Å². The van der Waals surface area contributed by atoms with E-state index in [0.29, 0.717) is 0 Å². The Labute approximate surface area is 258 Å². The zero-order chi connectivity index (χ0) is 29.3. The number of benzene rings is 7. The second kappa shape index (κ2) is 9.56. The van der Waals surface area contributed by atoms with Gasteiger partial charge in [-0.25, -0.2) is 0 Å². The molecule has 2 unspecified atom stereocenters. The van der Waals surface area contributed by atoms with Crippen LogP contribution in [0.3, 0.4) is 0 Å². The molecule has 7 aromatic carbocycles. The van der Waals surface area contributed by atoms with E-state index in [9.17, 15) is 0 Å². The van der Waals surface area contributed by atoms with E-state index >= 15 is 0 Å². The van der Waals surface area contributed by atoms with E-state index in [0.717, 1.165) is 0 Å². The Kier molecular flexibility index (Phi) is 5.46. The lowest BCUT2D eigenvalue weighted by Crippen LogP contribution is -2.39. The molecule has 0 radical (unpaired) electrons. The topological polar surface area (TPSA) is 3.24 Å². The van der Waals surface area contributed by atoms with Gasteiger partial charge in [0, 0.05) is 16.8 Å². The van der Waals surface area contributed by atoms with Crippen molar-refractivity contribution in [3.63, 3.8) is 0 Å². The van der Waals surface area contributed by atoms with Crippen molar-refractivity contribution >= 4 is 43.7 Å². The monoisotopic (exact) mass is 561 g/mol. The van der Waals surface area contributed by atoms with Crippen LogP contribution in [0.2, 0.25) is 0 Å². The molecule has 1 nitrogen and oxygen atoms in total. The molecule has 0 N–H and O–H groups in total. The molecule has 1 aliphatic heterocycles. The van der Waals surface area contributed by atoms with Gasteiger partial charge in [-0.15, -0.1) is 0 Å². The van der Waals surface area contributed by atoms with Crippen LogP contribution in [0.15, 0.2) is 164 Å². The number of fused-ring (bicyclic) bond motifs is 9. The predicted molar refractivity (Wildman–Crippen MR) is 188 cm³/mol. The molecule has 0 amide bonds. The fourth-order valence-corrected chi connectivity index (χ4v) is 7.67. The summed E-state index contributed by atoms with van der Waals surface area (Å²) < 4.78 is 0. The number of para-hydroxylation sites is 1. The zero-order valence-electron chi connectivity index (χ0n) is 24.6. The Morgan fingerprint density at radius 2 is 0.977 bits per heavy atom. The summed E-state index contributed by atoms with van der Waals surface area (Å²) in [6, 6.07) is 51.7. The molecule has 9 rings (SSSR count). The zero-order valence-corrected chi connectivity index (χ0v) is 24.6. The maximum absolute atomic E-state index is 2.49. The minimum Gasteiger partial charge on any atom is -0.333 e. The predicted octanol–water partition coefficient (Wildman–Crippen LogP) is 11.4. The molecule has 0 saturated heterocycles. The molecule has 7 aromatic rings. The number of hydrogen-bond donors (Lipinski definition) is 0. The minimum absolute atomic E-state index is 0.0258. The summed E-state index contributed by atoms with van der Waals surface area (Å²) in [4.78, 5) is 2.49. The highest BCUT2D eigenvalue weighted by atomic mass is 15.2. The van der Waals surface area contributed by atoms with Crippen LogP contribution in [0.25, 0.3) is 54.6 Å². The third-order valence-electron chi connectivity index (χ3n) is 9.92. The van der Waals surface area contributed by atoms with Gasteiger partial charge in [0.25, 0.3) is 0 Å². The summed E-state index contributed by atoms with van der Waals surface area (Å²) in [6.07, 6.45) is 9.06. The normalized spacial score (nSPS) is 18.7. The highest BCUT2D eigenvalue weighted by molar-refractivity contribution is 6.25. The van der Waals surface area contributed by atoms with Crippen LogP contribution in [0, 0.1) is 0 Å². The van der Waals surface area contributed by atoms with Gasteiger partial charge in [-0.05, 0) is 91.3 Å². The minimum atomic E-state index is -0.0258. The van der Waals surface area contributed by atoms with Gasteiger partial charge in [-0.3, -0.25) is 0 Å². The van der Waals surface area contributed by atoms with Crippen molar-refractivity contribution < 1.29 is 0 Å². The maximum Gasteiger partial charge on any atom is 0.0655 e. The maximum atomic E-state index is 2.49. The van der Waals surface area contributed by atoms with E-state index in [1.165, 1.54) is 71.5 Å². The van der Waals surface area contributed by atoms with Crippen LogP contribution in [0.4, 0.5) is 11.4 Å². The van der Waals surface area contributed by atoms with E-state index in [2.05, 4.69) is 176 Å². The van der Waals surface area contributed by atoms with Gasteiger partial charge in [-0.2, -0.15) is 0 Å². The van der Waals surface area contributed by atoms with E-state index in [-0.39, 0.29) is 11.5 Å². The smallest absolute Gasteiger partial charge is 0.0655 e. The number of nitrogens with zero attached hydrogens (tertiary/aromatic N) is 1. The average molecular weight is 562 g/mol. The Hall–Kier alpha value is -5.40. The first-order valence-electron chi connectivity index (χ1n) is 15.5. The Morgan fingerprint density at radius 3 is 1.64 bits per heavy atom. The molecule has 0 saturated carbocycles. The van der Waals surface area contributed by atoms with Crippen LogP contribution in [0.1, 0.15) is 12.5 Å². The van der Waals surface area contributed by atoms with Crippen LogP contribution >= 0.6 is 0 Å². The molecule has 0 aromatic heterocycles. The summed E-state index contributed by atoms with van der Waals surface area (Å²) in [5.74, 6) is 0. The van der Waals surface area contributed by atoms with Crippen LogP contribution in [-0.2, 0) is 5.41 Å². The first kappa shape index (κ1) is 25.1. The van der Waals surface area contributed by atoms with Crippen LogP contribution in [0.5, 0.6) is 0 Å². The van der Waals surface area contributed by atoms with Gasteiger partial charge in [0.1, 0.15) is 0 Å². The standard InChI is InChI=1S/C43H31N/c1-43-27-9-8-16-42(43)44(41-15-7-6-14-40(41)43)33-24-21-30(22-25-33)29-17-19-31(20-18-29)32-23-26-38-36-12-3-2-10-34(36)35-11-4-5-13-37(35)39(38)28-32/h2-28,42H,1H3. The molecule has 1 heteroatoms. The van der Waals surface area contributed by atoms with Gasteiger partial charge >= 0.3 is 0 Å². The van der Waals surface area contributed by atoms with Gasteiger partial charge in [0.15, 0.2) is 0 Å². The fraction of sp³-hybridized carbons (Fsp3) is 0.0698. The molecular weight excluding hydrogens is 530 g/mol. The molecule has 0 spiro atoms. The van der Waals surface area contributed by atoms with Crippen molar-refractivity contribution in [1.29, 1.82) is 0 Å². The Balaban J connectivity index is 1.05. The van der Waals surface area contributed by atoms with E-state index in [1.807, 2.05) is 0 Å². The molecule has 44 heavy (non-hydrogen) atoms. The van der Waals surface area contributed by atoms with Crippen LogP contribution < -0.4 is 4.90 Å². The van der Waals surface area contributed by atoms with Gasteiger partial charge in [0.2, 0.25) is 0 Å². The quantitative estimate of drug-likeness (QED) is 0.194. The summed E-state index contributed by atoms with van der Waals surface area (Å²) >= 11 is 0. The molecule has 0 bridgehead atoms. The summed E-state index contributed by atoms with van der Waals surface area (Å²) in [6.45, 7) is 2.35. The highest BCUT2D eigenvalue weighted by Gasteiger charge is 2.46. The molecule has 1 aliphatic carbocycles. The van der Waals surface area contributed by atoms with Crippen molar-refractivity contribution in [2.45, 2.75) is 18.4 Å². The summed E-state index contributed by atoms with van der Waals surface area (Å²) in [7, 11) is 0. The molecule has 0 fully saturated rings. The SMILES string of the molecule is CC12C=CC=CC1N(c1ccc(-c3ccc(-c4ccc5c6ccccc6c6ccccc6c5c4)cc3)cc1)c1ccccc12. The van der Waals surface area contributed by atoms with E-state index in [4.69, 9.17) is 0 Å². The number of rotatable bonds is 3. The van der Waals surface area contributed by atoms with Crippen molar-refractivity contribution in [1.82, 2.24) is 0 Å². The number of allylic oxidation sites excluding steroid dienone is 2.